The van der Waals surface area contributed by atoms with Crippen molar-refractivity contribution in [3.8, 4) is 0 Å². The molecule has 94 valence electrons. The summed E-state index contributed by atoms with van der Waals surface area (Å²) in [5.74, 6) is 0. The number of aryl methyl sites for hydroxylation is 1. The van der Waals surface area contributed by atoms with Gasteiger partial charge in [0.15, 0.2) is 0 Å². The standard InChI is InChI=1S/C16H25N/c1-14-6-8-15(9-7-14)12-16(13-17)10-4-2-3-5-11-16/h6-9H,2-5,10-13,17H2,1H3. The van der Waals surface area contributed by atoms with Gasteiger partial charge in [0.1, 0.15) is 0 Å². The van der Waals surface area contributed by atoms with Crippen molar-refractivity contribution in [2.45, 2.75) is 51.9 Å². The van der Waals surface area contributed by atoms with Gasteiger partial charge in [-0.2, -0.15) is 0 Å². The van der Waals surface area contributed by atoms with Crippen LogP contribution >= 0.6 is 0 Å². The molecule has 0 aliphatic heterocycles. The Bertz CT molecular complexity index is 331. The van der Waals surface area contributed by atoms with E-state index in [1.54, 1.807) is 0 Å². The van der Waals surface area contributed by atoms with Gasteiger partial charge < -0.3 is 5.73 Å². The summed E-state index contributed by atoms with van der Waals surface area (Å²) in [7, 11) is 0. The molecule has 1 aromatic rings. The third kappa shape index (κ3) is 3.32. The molecule has 0 aromatic heterocycles. The molecule has 17 heavy (non-hydrogen) atoms. The SMILES string of the molecule is Cc1ccc(CC2(CN)CCCCCC2)cc1. The molecule has 1 aliphatic rings. The summed E-state index contributed by atoms with van der Waals surface area (Å²) in [4.78, 5) is 0. The van der Waals surface area contributed by atoms with Crippen molar-refractivity contribution in [1.82, 2.24) is 0 Å². The Hall–Kier alpha value is -0.820. The summed E-state index contributed by atoms with van der Waals surface area (Å²) >= 11 is 0. The zero-order valence-electron chi connectivity index (χ0n) is 11.0. The Balaban J connectivity index is 2.09. The Morgan fingerprint density at radius 1 is 1.00 bits per heavy atom. The van der Waals surface area contributed by atoms with Crippen molar-refractivity contribution in [2.24, 2.45) is 11.1 Å². The second-order valence-corrected chi connectivity index (χ2v) is 5.78. The smallest absolute Gasteiger partial charge is 0.00173 e. The maximum atomic E-state index is 6.09. The molecule has 0 heterocycles. The van der Waals surface area contributed by atoms with Crippen LogP contribution in [0.2, 0.25) is 0 Å². The zero-order valence-corrected chi connectivity index (χ0v) is 11.0. The van der Waals surface area contributed by atoms with Crippen molar-refractivity contribution in [3.05, 3.63) is 35.4 Å². The summed E-state index contributed by atoms with van der Waals surface area (Å²) in [6.07, 6.45) is 9.33. The van der Waals surface area contributed by atoms with Gasteiger partial charge in [0, 0.05) is 0 Å². The van der Waals surface area contributed by atoms with Crippen LogP contribution in [0.25, 0.3) is 0 Å². The van der Waals surface area contributed by atoms with Gasteiger partial charge in [-0.25, -0.2) is 0 Å². The topological polar surface area (TPSA) is 26.0 Å². The monoisotopic (exact) mass is 231 g/mol. The number of rotatable bonds is 3. The molecule has 0 atom stereocenters. The lowest BCUT2D eigenvalue weighted by atomic mass is 9.75. The van der Waals surface area contributed by atoms with Gasteiger partial charge in [0.05, 0.1) is 0 Å². The molecule has 0 amide bonds. The molecule has 0 bridgehead atoms. The van der Waals surface area contributed by atoms with Crippen molar-refractivity contribution in [1.29, 1.82) is 0 Å². The van der Waals surface area contributed by atoms with Gasteiger partial charge in [-0.3, -0.25) is 0 Å². The number of nitrogens with two attached hydrogens (primary N) is 1. The molecule has 0 spiro atoms. The third-order valence-corrected chi connectivity index (χ3v) is 4.30. The predicted octanol–water partition coefficient (Wildman–Crippen LogP) is 3.84. The normalized spacial score (nSPS) is 19.9. The van der Waals surface area contributed by atoms with E-state index < -0.39 is 0 Å². The van der Waals surface area contributed by atoms with E-state index in [-0.39, 0.29) is 0 Å². The number of hydrogen-bond acceptors (Lipinski definition) is 1. The molecule has 1 heteroatoms. The van der Waals surface area contributed by atoms with Crippen LogP contribution in [0.4, 0.5) is 0 Å². The first-order valence-electron chi connectivity index (χ1n) is 7.00. The van der Waals surface area contributed by atoms with Gasteiger partial charge >= 0.3 is 0 Å². The van der Waals surface area contributed by atoms with E-state index >= 15 is 0 Å². The predicted molar refractivity (Wildman–Crippen MR) is 74.1 cm³/mol. The number of hydrogen-bond donors (Lipinski definition) is 1. The van der Waals surface area contributed by atoms with Crippen LogP contribution in [0, 0.1) is 12.3 Å². The first kappa shape index (κ1) is 12.6. The molecular formula is C16H25N. The maximum absolute atomic E-state index is 6.09. The van der Waals surface area contributed by atoms with Crippen molar-refractivity contribution in [2.75, 3.05) is 6.54 Å². The minimum Gasteiger partial charge on any atom is -0.330 e. The molecule has 0 radical (unpaired) electrons. The molecule has 1 fully saturated rings. The van der Waals surface area contributed by atoms with Crippen LogP contribution in [-0.4, -0.2) is 6.54 Å². The fourth-order valence-corrected chi connectivity index (χ4v) is 3.07. The van der Waals surface area contributed by atoms with Crippen molar-refractivity contribution >= 4 is 0 Å². The highest BCUT2D eigenvalue weighted by molar-refractivity contribution is 5.22. The average Bonchev–Trinajstić information content (AvgIpc) is 2.58. The fourth-order valence-electron chi connectivity index (χ4n) is 3.07. The van der Waals surface area contributed by atoms with Gasteiger partial charge in [0.2, 0.25) is 0 Å². The van der Waals surface area contributed by atoms with Crippen LogP contribution in [-0.2, 0) is 6.42 Å². The van der Waals surface area contributed by atoms with E-state index in [9.17, 15) is 0 Å². The van der Waals surface area contributed by atoms with Crippen LogP contribution < -0.4 is 5.73 Å². The van der Waals surface area contributed by atoms with Crippen LogP contribution in [0.3, 0.4) is 0 Å². The molecule has 0 saturated heterocycles. The Morgan fingerprint density at radius 3 is 2.12 bits per heavy atom. The minimum atomic E-state index is 0.381. The minimum absolute atomic E-state index is 0.381. The summed E-state index contributed by atoms with van der Waals surface area (Å²) in [5.41, 5.74) is 9.27. The highest BCUT2D eigenvalue weighted by Crippen LogP contribution is 2.37. The van der Waals surface area contributed by atoms with Crippen LogP contribution in [0.5, 0.6) is 0 Å². The third-order valence-electron chi connectivity index (χ3n) is 4.30. The summed E-state index contributed by atoms with van der Waals surface area (Å²) in [6.45, 7) is 3.00. The molecule has 1 saturated carbocycles. The number of benzene rings is 1. The summed E-state index contributed by atoms with van der Waals surface area (Å²) in [6, 6.07) is 8.99. The lowest BCUT2D eigenvalue weighted by Gasteiger charge is -2.31. The molecule has 2 rings (SSSR count). The Morgan fingerprint density at radius 2 is 1.59 bits per heavy atom. The molecule has 0 unspecified atom stereocenters. The maximum Gasteiger partial charge on any atom is -0.00173 e. The molecule has 1 aliphatic carbocycles. The van der Waals surface area contributed by atoms with E-state index in [1.807, 2.05) is 0 Å². The molecule has 2 N–H and O–H groups in total. The zero-order chi connectivity index (χ0) is 12.1. The lowest BCUT2D eigenvalue weighted by molar-refractivity contribution is 0.252. The molecule has 1 aromatic carbocycles. The largest absolute Gasteiger partial charge is 0.330 e. The Labute approximate surface area is 105 Å². The van der Waals surface area contributed by atoms with Gasteiger partial charge in [-0.1, -0.05) is 55.5 Å². The highest BCUT2D eigenvalue weighted by Gasteiger charge is 2.29. The lowest BCUT2D eigenvalue weighted by Crippen LogP contribution is -2.32. The summed E-state index contributed by atoms with van der Waals surface area (Å²) < 4.78 is 0. The first-order chi connectivity index (χ1) is 8.24. The van der Waals surface area contributed by atoms with E-state index in [1.165, 1.54) is 56.1 Å². The second kappa shape index (κ2) is 5.68. The van der Waals surface area contributed by atoms with E-state index in [4.69, 9.17) is 5.73 Å². The van der Waals surface area contributed by atoms with Gasteiger partial charge in [-0.05, 0) is 43.7 Å². The van der Waals surface area contributed by atoms with E-state index in [0.717, 1.165) is 6.54 Å². The van der Waals surface area contributed by atoms with E-state index in [0.29, 0.717) is 5.41 Å². The van der Waals surface area contributed by atoms with Crippen LogP contribution in [0.15, 0.2) is 24.3 Å². The quantitative estimate of drug-likeness (QED) is 0.786. The first-order valence-corrected chi connectivity index (χ1v) is 7.00. The van der Waals surface area contributed by atoms with E-state index in [2.05, 4.69) is 31.2 Å². The second-order valence-electron chi connectivity index (χ2n) is 5.78. The average molecular weight is 231 g/mol. The van der Waals surface area contributed by atoms with Gasteiger partial charge in [0.25, 0.3) is 0 Å². The molecular weight excluding hydrogens is 206 g/mol. The Kier molecular flexibility index (Phi) is 4.22. The molecule has 1 nitrogen and oxygen atoms in total. The van der Waals surface area contributed by atoms with Crippen molar-refractivity contribution in [3.63, 3.8) is 0 Å². The van der Waals surface area contributed by atoms with Crippen LogP contribution in [0.1, 0.15) is 49.7 Å². The fraction of sp³-hybridized carbons (Fsp3) is 0.625. The van der Waals surface area contributed by atoms with Gasteiger partial charge in [-0.15, -0.1) is 0 Å². The highest BCUT2D eigenvalue weighted by atomic mass is 14.6. The summed E-state index contributed by atoms with van der Waals surface area (Å²) in [5, 5.41) is 0. The van der Waals surface area contributed by atoms with Crippen molar-refractivity contribution < 1.29 is 0 Å².